The molecular weight excluding hydrogens is 394 g/mol. The molecule has 0 unspecified atom stereocenters. The average molecular weight is 409 g/mol. The zero-order chi connectivity index (χ0) is 20.5. The van der Waals surface area contributed by atoms with Gasteiger partial charge in [0.25, 0.3) is 0 Å². The largest absolute Gasteiger partial charge is 0.490 e. The Kier molecular flexibility index (Phi) is 4.73. The molecule has 0 saturated heterocycles. The van der Waals surface area contributed by atoms with E-state index in [-0.39, 0.29) is 23.0 Å². The highest BCUT2D eigenvalue weighted by Crippen LogP contribution is 2.35. The number of thiazole rings is 1. The lowest BCUT2D eigenvalue weighted by Gasteiger charge is -2.04. The number of fused-ring (bicyclic) bond motifs is 1. The monoisotopic (exact) mass is 409 g/mol. The molecule has 9 heteroatoms. The number of allylic oxidation sites excluding steroid dienone is 1. The van der Waals surface area contributed by atoms with E-state index in [4.69, 9.17) is 9.15 Å². The zero-order valence-electron chi connectivity index (χ0n) is 15.5. The summed E-state index contributed by atoms with van der Waals surface area (Å²) in [5, 5.41) is 11.4. The van der Waals surface area contributed by atoms with Gasteiger partial charge < -0.3 is 9.15 Å². The SMILES string of the molecule is COc1ccc(-c2nc3sc(C)cn3c2C=CC(=O)c2ccco2)cc1[N+](=O)[O-]. The Labute approximate surface area is 168 Å². The average Bonchev–Trinajstić information content (AvgIpc) is 3.42. The van der Waals surface area contributed by atoms with E-state index in [1.54, 1.807) is 24.3 Å². The molecule has 0 N–H and O–H groups in total. The van der Waals surface area contributed by atoms with Gasteiger partial charge in [-0.05, 0) is 43.3 Å². The van der Waals surface area contributed by atoms with Crippen LogP contribution in [0.25, 0.3) is 22.3 Å². The molecule has 4 aromatic rings. The van der Waals surface area contributed by atoms with Gasteiger partial charge in [0.2, 0.25) is 5.78 Å². The Balaban J connectivity index is 1.84. The summed E-state index contributed by atoms with van der Waals surface area (Å²) in [4.78, 5) is 29.6. The quantitative estimate of drug-likeness (QED) is 0.197. The van der Waals surface area contributed by atoms with Crippen molar-refractivity contribution in [2.45, 2.75) is 6.92 Å². The number of rotatable bonds is 6. The van der Waals surface area contributed by atoms with E-state index in [1.807, 2.05) is 17.5 Å². The van der Waals surface area contributed by atoms with Crippen LogP contribution in [0.1, 0.15) is 21.1 Å². The summed E-state index contributed by atoms with van der Waals surface area (Å²) < 4.78 is 12.1. The third-order valence-corrected chi connectivity index (χ3v) is 5.18. The van der Waals surface area contributed by atoms with Gasteiger partial charge in [0.15, 0.2) is 16.5 Å². The van der Waals surface area contributed by atoms with Gasteiger partial charge in [0, 0.05) is 22.7 Å². The molecule has 3 heterocycles. The second-order valence-corrected chi connectivity index (χ2v) is 7.37. The number of nitro benzene ring substituents is 1. The van der Waals surface area contributed by atoms with Gasteiger partial charge >= 0.3 is 5.69 Å². The summed E-state index contributed by atoms with van der Waals surface area (Å²) in [7, 11) is 1.38. The van der Waals surface area contributed by atoms with Gasteiger partial charge in [0.1, 0.15) is 0 Å². The van der Waals surface area contributed by atoms with Crippen LogP contribution in [0.5, 0.6) is 5.75 Å². The molecule has 0 fully saturated rings. The number of aryl methyl sites for hydroxylation is 1. The van der Waals surface area contributed by atoms with Crippen molar-refractivity contribution < 1.29 is 18.9 Å². The van der Waals surface area contributed by atoms with Crippen molar-refractivity contribution in [2.24, 2.45) is 0 Å². The lowest BCUT2D eigenvalue weighted by molar-refractivity contribution is -0.385. The molecule has 3 aromatic heterocycles. The molecule has 0 atom stereocenters. The number of benzene rings is 1. The normalized spacial score (nSPS) is 11.4. The highest BCUT2D eigenvalue weighted by molar-refractivity contribution is 7.17. The predicted molar refractivity (Wildman–Crippen MR) is 109 cm³/mol. The van der Waals surface area contributed by atoms with Crippen molar-refractivity contribution in [3.63, 3.8) is 0 Å². The number of methoxy groups -OCH3 is 1. The molecule has 4 rings (SSSR count). The van der Waals surface area contributed by atoms with Crippen molar-refractivity contribution in [2.75, 3.05) is 7.11 Å². The van der Waals surface area contributed by atoms with Crippen molar-refractivity contribution in [3.8, 4) is 17.0 Å². The van der Waals surface area contributed by atoms with Crippen LogP contribution in [0.3, 0.4) is 0 Å². The molecule has 146 valence electrons. The molecule has 0 radical (unpaired) electrons. The molecular formula is C20H15N3O5S. The minimum Gasteiger partial charge on any atom is -0.490 e. The van der Waals surface area contributed by atoms with Gasteiger partial charge in [-0.2, -0.15) is 0 Å². The second-order valence-electron chi connectivity index (χ2n) is 6.16. The fourth-order valence-corrected chi connectivity index (χ4v) is 3.81. The molecule has 0 bridgehead atoms. The molecule has 1 aromatic carbocycles. The Bertz CT molecular complexity index is 1250. The molecule has 29 heavy (non-hydrogen) atoms. The number of nitro groups is 1. The Hall–Kier alpha value is -3.72. The number of ether oxygens (including phenoxy) is 1. The van der Waals surface area contributed by atoms with Crippen molar-refractivity contribution >= 4 is 33.8 Å². The van der Waals surface area contributed by atoms with Crippen LogP contribution in [0.2, 0.25) is 0 Å². The first kappa shape index (κ1) is 18.6. The number of nitrogens with zero attached hydrogens (tertiary/aromatic N) is 3. The first-order chi connectivity index (χ1) is 14.0. The van der Waals surface area contributed by atoms with Crippen LogP contribution >= 0.6 is 11.3 Å². The van der Waals surface area contributed by atoms with Gasteiger partial charge in [-0.3, -0.25) is 19.3 Å². The van der Waals surface area contributed by atoms with E-state index in [0.29, 0.717) is 17.0 Å². The number of aromatic nitrogens is 2. The fourth-order valence-electron chi connectivity index (χ4n) is 2.98. The van der Waals surface area contributed by atoms with E-state index in [9.17, 15) is 14.9 Å². The van der Waals surface area contributed by atoms with Gasteiger partial charge in [-0.25, -0.2) is 4.98 Å². The third-order valence-electron chi connectivity index (χ3n) is 4.28. The number of imidazole rings is 1. The maximum Gasteiger partial charge on any atom is 0.311 e. The molecule has 0 aliphatic rings. The minimum atomic E-state index is -0.499. The van der Waals surface area contributed by atoms with Crippen LogP contribution in [-0.4, -0.2) is 27.2 Å². The van der Waals surface area contributed by atoms with Crippen LogP contribution in [0.15, 0.2) is 53.3 Å². The lowest BCUT2D eigenvalue weighted by atomic mass is 10.1. The molecule has 0 aliphatic heterocycles. The summed E-state index contributed by atoms with van der Waals surface area (Å²) in [6, 6.07) is 7.89. The smallest absolute Gasteiger partial charge is 0.311 e. The second kappa shape index (κ2) is 7.36. The molecule has 0 saturated carbocycles. The molecule has 0 spiro atoms. The number of hydrogen-bond donors (Lipinski definition) is 0. The highest BCUT2D eigenvalue weighted by Gasteiger charge is 2.20. The zero-order valence-corrected chi connectivity index (χ0v) is 16.3. The van der Waals surface area contributed by atoms with E-state index >= 15 is 0 Å². The molecule has 0 amide bonds. The Morgan fingerprint density at radius 3 is 2.90 bits per heavy atom. The standard InChI is InChI=1S/C20H15N3O5S/c1-12-11-22-14(6-7-16(24)18-4-3-9-28-18)19(21-20(22)29-12)13-5-8-17(27-2)15(10-13)23(25)26/h3-11H,1-2H3. The summed E-state index contributed by atoms with van der Waals surface area (Å²) >= 11 is 1.49. The van der Waals surface area contributed by atoms with Crippen LogP contribution in [0.4, 0.5) is 5.69 Å². The van der Waals surface area contributed by atoms with Crippen molar-refractivity contribution in [1.29, 1.82) is 0 Å². The number of carbonyl (C=O) groups excluding carboxylic acids is 1. The van der Waals surface area contributed by atoms with E-state index in [2.05, 4.69) is 4.98 Å². The topological polar surface area (TPSA) is 99.9 Å². The van der Waals surface area contributed by atoms with Gasteiger partial charge in [0.05, 0.1) is 29.7 Å². The molecule has 0 aliphatic carbocycles. The lowest BCUT2D eigenvalue weighted by Crippen LogP contribution is -1.95. The first-order valence-electron chi connectivity index (χ1n) is 8.55. The highest BCUT2D eigenvalue weighted by atomic mass is 32.1. The van der Waals surface area contributed by atoms with Crippen molar-refractivity contribution in [1.82, 2.24) is 9.38 Å². The number of furan rings is 1. The summed E-state index contributed by atoms with van der Waals surface area (Å²) in [6.45, 7) is 1.96. The summed E-state index contributed by atoms with van der Waals surface area (Å²) in [6.07, 6.45) is 6.38. The summed E-state index contributed by atoms with van der Waals surface area (Å²) in [5.74, 6) is 0.106. The van der Waals surface area contributed by atoms with Crippen LogP contribution in [0, 0.1) is 17.0 Å². The third kappa shape index (κ3) is 3.43. The van der Waals surface area contributed by atoms with E-state index in [1.165, 1.54) is 42.9 Å². The number of ketones is 1. The molecule has 8 nitrogen and oxygen atoms in total. The predicted octanol–water partition coefficient (Wildman–Crippen LogP) is 4.78. The Morgan fingerprint density at radius 2 is 2.21 bits per heavy atom. The minimum absolute atomic E-state index is 0.154. The van der Waals surface area contributed by atoms with Crippen LogP contribution < -0.4 is 4.74 Å². The number of hydrogen-bond acceptors (Lipinski definition) is 7. The van der Waals surface area contributed by atoms with Gasteiger partial charge in [-0.15, -0.1) is 11.3 Å². The van der Waals surface area contributed by atoms with E-state index in [0.717, 1.165) is 9.84 Å². The van der Waals surface area contributed by atoms with Crippen LogP contribution in [-0.2, 0) is 0 Å². The van der Waals surface area contributed by atoms with Gasteiger partial charge in [-0.1, -0.05) is 0 Å². The first-order valence-corrected chi connectivity index (χ1v) is 9.37. The maximum absolute atomic E-state index is 12.3. The fraction of sp³-hybridized carbons (Fsp3) is 0.100. The van der Waals surface area contributed by atoms with E-state index < -0.39 is 4.92 Å². The number of carbonyl (C=O) groups is 1. The Morgan fingerprint density at radius 1 is 1.38 bits per heavy atom. The summed E-state index contributed by atoms with van der Waals surface area (Å²) in [5.41, 5.74) is 1.57. The maximum atomic E-state index is 12.3. The van der Waals surface area contributed by atoms with Crippen molar-refractivity contribution in [3.05, 3.63) is 75.3 Å².